The minimum absolute atomic E-state index is 0.0304. The van der Waals surface area contributed by atoms with Crippen LogP contribution in [0.3, 0.4) is 0 Å². The molecule has 0 aliphatic carbocycles. The van der Waals surface area contributed by atoms with E-state index in [0.717, 1.165) is 18.6 Å². The number of benzene rings is 2. The third-order valence-corrected chi connectivity index (χ3v) is 3.58. The zero-order chi connectivity index (χ0) is 17.4. The van der Waals surface area contributed by atoms with E-state index in [1.165, 1.54) is 11.6 Å². The van der Waals surface area contributed by atoms with Gasteiger partial charge in [0.1, 0.15) is 11.6 Å². The predicted molar refractivity (Wildman–Crippen MR) is 90.6 cm³/mol. The van der Waals surface area contributed by atoms with Crippen molar-refractivity contribution in [3.8, 4) is 0 Å². The van der Waals surface area contributed by atoms with Gasteiger partial charge in [0, 0.05) is 25.7 Å². The van der Waals surface area contributed by atoms with Crippen LogP contribution < -0.4 is 11.1 Å². The SMILES string of the molecule is NCCN(CCc1ccccc1)CC(=O)Nc1ccc(F)cc1F. The molecule has 2 aromatic rings. The molecule has 0 spiro atoms. The van der Waals surface area contributed by atoms with Gasteiger partial charge in [0.25, 0.3) is 0 Å². The number of hydrogen-bond acceptors (Lipinski definition) is 3. The van der Waals surface area contributed by atoms with Crippen molar-refractivity contribution in [1.29, 1.82) is 0 Å². The smallest absolute Gasteiger partial charge is 0.238 e. The van der Waals surface area contributed by atoms with Crippen LogP contribution in [0.2, 0.25) is 0 Å². The van der Waals surface area contributed by atoms with E-state index in [0.29, 0.717) is 19.6 Å². The van der Waals surface area contributed by atoms with Gasteiger partial charge in [-0.3, -0.25) is 9.69 Å². The first kappa shape index (κ1) is 18.0. The summed E-state index contributed by atoms with van der Waals surface area (Å²) in [6, 6.07) is 13.0. The first-order chi connectivity index (χ1) is 11.6. The first-order valence-corrected chi connectivity index (χ1v) is 7.79. The molecular formula is C18H21F2N3O. The third-order valence-electron chi connectivity index (χ3n) is 3.58. The lowest BCUT2D eigenvalue weighted by molar-refractivity contribution is -0.117. The maximum atomic E-state index is 13.6. The summed E-state index contributed by atoms with van der Waals surface area (Å²) in [7, 11) is 0. The summed E-state index contributed by atoms with van der Waals surface area (Å²) < 4.78 is 26.5. The molecule has 0 aliphatic heterocycles. The van der Waals surface area contributed by atoms with E-state index in [2.05, 4.69) is 5.32 Å². The van der Waals surface area contributed by atoms with Crippen LogP contribution >= 0.6 is 0 Å². The van der Waals surface area contributed by atoms with Crippen molar-refractivity contribution in [3.05, 3.63) is 65.7 Å². The van der Waals surface area contributed by atoms with Gasteiger partial charge in [-0.25, -0.2) is 8.78 Å². The zero-order valence-corrected chi connectivity index (χ0v) is 13.3. The van der Waals surface area contributed by atoms with Gasteiger partial charge in [0.2, 0.25) is 5.91 Å². The Bertz CT molecular complexity index is 665. The summed E-state index contributed by atoms with van der Waals surface area (Å²) >= 11 is 0. The number of carbonyl (C=O) groups is 1. The second kappa shape index (κ2) is 9.10. The minimum Gasteiger partial charge on any atom is -0.329 e. The Morgan fingerprint density at radius 3 is 2.50 bits per heavy atom. The fourth-order valence-electron chi connectivity index (χ4n) is 2.37. The van der Waals surface area contributed by atoms with E-state index in [1.54, 1.807) is 0 Å². The zero-order valence-electron chi connectivity index (χ0n) is 13.3. The number of nitrogens with one attached hydrogen (secondary N) is 1. The number of nitrogens with two attached hydrogens (primary N) is 1. The van der Waals surface area contributed by atoms with Crippen molar-refractivity contribution >= 4 is 11.6 Å². The number of carbonyl (C=O) groups excluding carboxylic acids is 1. The van der Waals surface area contributed by atoms with Gasteiger partial charge in [-0.1, -0.05) is 30.3 Å². The first-order valence-electron chi connectivity index (χ1n) is 7.79. The molecule has 128 valence electrons. The fraction of sp³-hybridized carbons (Fsp3) is 0.278. The van der Waals surface area contributed by atoms with E-state index < -0.39 is 11.6 Å². The third kappa shape index (κ3) is 5.72. The second-order valence-electron chi connectivity index (χ2n) is 5.47. The molecule has 6 heteroatoms. The van der Waals surface area contributed by atoms with Crippen molar-refractivity contribution in [2.75, 3.05) is 31.5 Å². The number of hydrogen-bond donors (Lipinski definition) is 2. The Balaban J connectivity index is 1.90. The maximum absolute atomic E-state index is 13.6. The Hall–Kier alpha value is -2.31. The Morgan fingerprint density at radius 2 is 1.83 bits per heavy atom. The number of nitrogens with zero attached hydrogens (tertiary/aromatic N) is 1. The molecule has 0 radical (unpaired) electrons. The summed E-state index contributed by atoms with van der Waals surface area (Å²) in [5.41, 5.74) is 6.73. The molecule has 0 atom stereocenters. The van der Waals surface area contributed by atoms with Crippen molar-refractivity contribution in [2.24, 2.45) is 5.73 Å². The van der Waals surface area contributed by atoms with Crippen molar-refractivity contribution in [3.63, 3.8) is 0 Å². The fourth-order valence-corrected chi connectivity index (χ4v) is 2.37. The van der Waals surface area contributed by atoms with Crippen LogP contribution in [0, 0.1) is 11.6 Å². The molecule has 0 fully saturated rings. The quantitative estimate of drug-likeness (QED) is 0.780. The summed E-state index contributed by atoms with van der Waals surface area (Å²) in [6.45, 7) is 1.75. The standard InChI is InChI=1S/C18H21F2N3O/c19-15-6-7-17(16(20)12-15)22-18(24)13-23(11-9-21)10-8-14-4-2-1-3-5-14/h1-7,12H,8-11,13,21H2,(H,22,24). The van der Waals surface area contributed by atoms with Gasteiger partial charge in [0.15, 0.2) is 0 Å². The highest BCUT2D eigenvalue weighted by Crippen LogP contribution is 2.14. The van der Waals surface area contributed by atoms with Crippen molar-refractivity contribution in [1.82, 2.24) is 4.90 Å². The molecule has 0 aliphatic rings. The van der Waals surface area contributed by atoms with E-state index >= 15 is 0 Å². The normalized spacial score (nSPS) is 10.8. The molecular weight excluding hydrogens is 312 g/mol. The summed E-state index contributed by atoms with van der Waals surface area (Å²) in [6.07, 6.45) is 0.791. The number of rotatable bonds is 8. The molecule has 0 saturated carbocycles. The lowest BCUT2D eigenvalue weighted by Crippen LogP contribution is -2.38. The average Bonchev–Trinajstić information content (AvgIpc) is 2.56. The van der Waals surface area contributed by atoms with Crippen molar-refractivity contribution in [2.45, 2.75) is 6.42 Å². The van der Waals surface area contributed by atoms with Gasteiger partial charge in [0.05, 0.1) is 12.2 Å². The molecule has 0 bridgehead atoms. The van der Waals surface area contributed by atoms with E-state index in [9.17, 15) is 13.6 Å². The van der Waals surface area contributed by atoms with Gasteiger partial charge < -0.3 is 11.1 Å². The molecule has 0 heterocycles. The summed E-state index contributed by atoms with van der Waals surface area (Å²) in [5.74, 6) is -1.84. The molecule has 0 saturated heterocycles. The predicted octanol–water partition coefficient (Wildman–Crippen LogP) is 2.41. The highest BCUT2D eigenvalue weighted by molar-refractivity contribution is 5.92. The Morgan fingerprint density at radius 1 is 1.08 bits per heavy atom. The van der Waals surface area contributed by atoms with Crippen LogP contribution in [0.1, 0.15) is 5.56 Å². The molecule has 1 amide bonds. The van der Waals surface area contributed by atoms with Crippen LogP contribution in [0.4, 0.5) is 14.5 Å². The number of anilines is 1. The van der Waals surface area contributed by atoms with Gasteiger partial charge >= 0.3 is 0 Å². The highest BCUT2D eigenvalue weighted by Gasteiger charge is 2.12. The lowest BCUT2D eigenvalue weighted by Gasteiger charge is -2.21. The molecule has 4 nitrogen and oxygen atoms in total. The molecule has 0 aromatic heterocycles. The molecule has 2 rings (SSSR count). The Kier molecular flexibility index (Phi) is 6.84. The summed E-state index contributed by atoms with van der Waals surface area (Å²) in [5, 5.41) is 2.46. The minimum atomic E-state index is -0.794. The van der Waals surface area contributed by atoms with Crippen molar-refractivity contribution < 1.29 is 13.6 Å². The molecule has 2 aromatic carbocycles. The van der Waals surface area contributed by atoms with Crippen LogP contribution in [-0.4, -0.2) is 37.0 Å². The highest BCUT2D eigenvalue weighted by atomic mass is 19.1. The van der Waals surface area contributed by atoms with Crippen LogP contribution in [-0.2, 0) is 11.2 Å². The molecule has 0 unspecified atom stereocenters. The summed E-state index contributed by atoms with van der Waals surface area (Å²) in [4.78, 5) is 14.0. The van der Waals surface area contributed by atoms with Gasteiger partial charge in [-0.15, -0.1) is 0 Å². The second-order valence-corrected chi connectivity index (χ2v) is 5.47. The lowest BCUT2D eigenvalue weighted by atomic mass is 10.1. The topological polar surface area (TPSA) is 58.4 Å². The van der Waals surface area contributed by atoms with Gasteiger partial charge in [-0.05, 0) is 24.1 Å². The van der Waals surface area contributed by atoms with E-state index in [1.807, 2.05) is 35.2 Å². The average molecular weight is 333 g/mol. The number of amides is 1. The molecule has 24 heavy (non-hydrogen) atoms. The number of halogens is 2. The van der Waals surface area contributed by atoms with E-state index in [-0.39, 0.29) is 18.1 Å². The van der Waals surface area contributed by atoms with Crippen LogP contribution in [0.25, 0.3) is 0 Å². The van der Waals surface area contributed by atoms with Crippen LogP contribution in [0.5, 0.6) is 0 Å². The van der Waals surface area contributed by atoms with E-state index in [4.69, 9.17) is 5.73 Å². The van der Waals surface area contributed by atoms with Crippen LogP contribution in [0.15, 0.2) is 48.5 Å². The largest absolute Gasteiger partial charge is 0.329 e. The Labute approximate surface area is 140 Å². The van der Waals surface area contributed by atoms with Gasteiger partial charge in [-0.2, -0.15) is 0 Å². The molecule has 3 N–H and O–H groups in total. The maximum Gasteiger partial charge on any atom is 0.238 e. The monoisotopic (exact) mass is 333 g/mol.